The molecular formula is C25H22ClI2N3O3. The number of hydrogen-bond donors (Lipinski definition) is 0. The first-order valence-corrected chi connectivity index (χ1v) is 13.5. The number of aromatic nitrogens is 1. The van der Waals surface area contributed by atoms with Crippen molar-refractivity contribution >= 4 is 69.4 Å². The number of rotatable bonds is 5. The fraction of sp³-hybridized carbons (Fsp3) is 0.280. The molecule has 34 heavy (non-hydrogen) atoms. The Morgan fingerprint density at radius 3 is 2.38 bits per heavy atom. The Bertz CT molecular complexity index is 1250. The van der Waals surface area contributed by atoms with E-state index < -0.39 is 0 Å². The van der Waals surface area contributed by atoms with Crippen molar-refractivity contribution in [2.45, 2.75) is 25.7 Å². The summed E-state index contributed by atoms with van der Waals surface area (Å²) in [6.07, 6.45) is 4.78. The van der Waals surface area contributed by atoms with Gasteiger partial charge in [-0.25, -0.2) is 5.01 Å². The molecule has 0 atom stereocenters. The number of fused-ring (bicyclic) bond motifs is 1. The van der Waals surface area contributed by atoms with Gasteiger partial charge in [0.2, 0.25) is 0 Å². The number of hydrazine groups is 1. The van der Waals surface area contributed by atoms with Crippen LogP contribution in [0.3, 0.4) is 0 Å². The van der Waals surface area contributed by atoms with Gasteiger partial charge in [-0.3, -0.25) is 14.6 Å². The summed E-state index contributed by atoms with van der Waals surface area (Å²) in [5.41, 5.74) is 3.96. The summed E-state index contributed by atoms with van der Waals surface area (Å²) < 4.78 is 8.31. The number of aldehydes is 1. The third kappa shape index (κ3) is 4.27. The van der Waals surface area contributed by atoms with Crippen LogP contribution in [-0.4, -0.2) is 46.4 Å². The van der Waals surface area contributed by atoms with Crippen molar-refractivity contribution in [3.8, 4) is 22.7 Å². The number of nitrogens with zero attached hydrogens (tertiary/aromatic N) is 3. The maximum absolute atomic E-state index is 13.8. The molecule has 176 valence electrons. The fourth-order valence-electron chi connectivity index (χ4n) is 4.94. The van der Waals surface area contributed by atoms with Crippen molar-refractivity contribution in [1.29, 1.82) is 0 Å². The van der Waals surface area contributed by atoms with Gasteiger partial charge >= 0.3 is 0 Å². The summed E-state index contributed by atoms with van der Waals surface area (Å²) in [7, 11) is 0. The van der Waals surface area contributed by atoms with Crippen molar-refractivity contribution in [3.63, 3.8) is 0 Å². The molecule has 1 saturated heterocycles. The minimum absolute atomic E-state index is 0.112. The number of halogens is 3. The predicted octanol–water partition coefficient (Wildman–Crippen LogP) is 6.34. The number of piperidine rings is 1. The average Bonchev–Trinajstić information content (AvgIpc) is 3.20. The first-order valence-electron chi connectivity index (χ1n) is 11.2. The van der Waals surface area contributed by atoms with Gasteiger partial charge in [0.05, 0.1) is 27.5 Å². The Kier molecular flexibility index (Phi) is 7.19. The van der Waals surface area contributed by atoms with E-state index in [-0.39, 0.29) is 5.91 Å². The highest BCUT2D eigenvalue weighted by Crippen LogP contribution is 2.39. The van der Waals surface area contributed by atoms with Gasteiger partial charge in [0.15, 0.2) is 29.3 Å². The van der Waals surface area contributed by atoms with Crippen molar-refractivity contribution in [2.75, 3.05) is 19.6 Å². The molecule has 9 heteroatoms. The van der Waals surface area contributed by atoms with Crippen LogP contribution in [0.5, 0.6) is 5.75 Å². The van der Waals surface area contributed by atoms with Crippen LogP contribution in [0.4, 0.5) is 0 Å². The molecule has 3 heterocycles. The van der Waals surface area contributed by atoms with Gasteiger partial charge in [0.25, 0.3) is 5.91 Å². The number of hydrogen-bond acceptors (Lipinski definition) is 4. The van der Waals surface area contributed by atoms with Gasteiger partial charge in [0, 0.05) is 35.3 Å². The molecule has 6 nitrogen and oxygen atoms in total. The lowest BCUT2D eigenvalue weighted by Crippen LogP contribution is -2.51. The SMILES string of the molecule is O=Cc1c2c(n(-c3ccc(I)cc3Cl)c1-c1ccc(OI)cc1)CCN(N1CCCCC1)C2=O. The summed E-state index contributed by atoms with van der Waals surface area (Å²) in [4.78, 5) is 26.4. The lowest BCUT2D eigenvalue weighted by Gasteiger charge is -2.39. The van der Waals surface area contributed by atoms with Crippen molar-refractivity contribution in [3.05, 3.63) is 67.9 Å². The van der Waals surface area contributed by atoms with Gasteiger partial charge in [-0.1, -0.05) is 18.0 Å². The monoisotopic (exact) mass is 701 g/mol. The zero-order valence-corrected chi connectivity index (χ0v) is 23.3. The van der Waals surface area contributed by atoms with Crippen LogP contribution in [0.25, 0.3) is 16.9 Å². The topological polar surface area (TPSA) is 54.8 Å². The Morgan fingerprint density at radius 2 is 1.74 bits per heavy atom. The van der Waals surface area contributed by atoms with E-state index in [9.17, 15) is 9.59 Å². The summed E-state index contributed by atoms with van der Waals surface area (Å²) in [6, 6.07) is 13.3. The maximum atomic E-state index is 13.8. The first-order chi connectivity index (χ1) is 16.5. The van der Waals surface area contributed by atoms with E-state index in [0.717, 1.165) is 52.7 Å². The molecule has 5 rings (SSSR count). The van der Waals surface area contributed by atoms with E-state index in [0.29, 0.717) is 40.6 Å². The maximum Gasteiger partial charge on any atom is 0.270 e. The summed E-state index contributed by atoms with van der Waals surface area (Å²) in [5.74, 6) is 0.596. The third-order valence-corrected chi connectivity index (χ3v) is 7.96. The highest BCUT2D eigenvalue weighted by molar-refractivity contribution is 14.1. The molecule has 2 aliphatic heterocycles. The second-order valence-electron chi connectivity index (χ2n) is 8.43. The molecular weight excluding hydrogens is 680 g/mol. The molecule has 0 radical (unpaired) electrons. The molecule has 3 aromatic rings. The fourth-order valence-corrected chi connectivity index (χ4v) is 6.17. The van der Waals surface area contributed by atoms with Crippen molar-refractivity contribution < 1.29 is 12.7 Å². The van der Waals surface area contributed by atoms with Crippen molar-refractivity contribution in [2.24, 2.45) is 0 Å². The van der Waals surface area contributed by atoms with Crippen LogP contribution >= 0.6 is 57.2 Å². The van der Waals surface area contributed by atoms with E-state index >= 15 is 0 Å². The van der Waals surface area contributed by atoms with Gasteiger partial charge in [0.1, 0.15) is 5.75 Å². The molecule has 2 aromatic carbocycles. The van der Waals surface area contributed by atoms with Gasteiger partial charge < -0.3 is 7.63 Å². The Morgan fingerprint density at radius 1 is 1.00 bits per heavy atom. The van der Waals surface area contributed by atoms with Gasteiger partial charge in [-0.2, -0.15) is 0 Å². The van der Waals surface area contributed by atoms with E-state index in [2.05, 4.69) is 27.6 Å². The van der Waals surface area contributed by atoms with Crippen LogP contribution in [-0.2, 0) is 6.42 Å². The van der Waals surface area contributed by atoms with E-state index in [1.807, 2.05) is 75.0 Å². The van der Waals surface area contributed by atoms with Crippen LogP contribution < -0.4 is 3.07 Å². The molecule has 0 saturated carbocycles. The Balaban J connectivity index is 1.73. The van der Waals surface area contributed by atoms with E-state index in [1.165, 1.54) is 6.42 Å². The summed E-state index contributed by atoms with van der Waals surface area (Å²) in [6.45, 7) is 2.31. The predicted molar refractivity (Wildman–Crippen MR) is 149 cm³/mol. The third-order valence-electron chi connectivity index (χ3n) is 6.47. The normalized spacial score (nSPS) is 16.4. The quantitative estimate of drug-likeness (QED) is 0.230. The smallest absolute Gasteiger partial charge is 0.270 e. The number of carbonyl (C=O) groups is 2. The lowest BCUT2D eigenvalue weighted by atomic mass is 10.0. The number of amides is 1. The summed E-state index contributed by atoms with van der Waals surface area (Å²) >= 11 is 10.8. The highest BCUT2D eigenvalue weighted by atomic mass is 127. The minimum atomic E-state index is -0.112. The molecule has 2 aliphatic rings. The second kappa shape index (κ2) is 10.2. The molecule has 0 spiro atoms. The molecule has 0 N–H and O–H groups in total. The molecule has 1 fully saturated rings. The van der Waals surface area contributed by atoms with Crippen LogP contribution in [0.1, 0.15) is 45.7 Å². The second-order valence-corrected chi connectivity index (χ2v) is 10.5. The average molecular weight is 702 g/mol. The first kappa shape index (κ1) is 24.1. The molecule has 0 aliphatic carbocycles. The van der Waals surface area contributed by atoms with Crippen LogP contribution in [0.15, 0.2) is 42.5 Å². The van der Waals surface area contributed by atoms with Crippen LogP contribution in [0.2, 0.25) is 5.02 Å². The molecule has 0 bridgehead atoms. The van der Waals surface area contributed by atoms with E-state index in [1.54, 1.807) is 0 Å². The minimum Gasteiger partial charge on any atom is -0.428 e. The standard InChI is InChI=1S/C25H22ClI2N3O3/c26-20-14-17(27)6-9-21(20)31-22-10-13-30(29-11-2-1-3-12-29)25(33)23(22)19(15-32)24(31)16-4-7-18(34-28)8-5-16/h4-9,14-15H,1-3,10-13H2. The zero-order valence-electron chi connectivity index (χ0n) is 18.3. The van der Waals surface area contributed by atoms with Gasteiger partial charge in [-0.05, 0) is 83.5 Å². The van der Waals surface area contributed by atoms with Crippen molar-refractivity contribution in [1.82, 2.24) is 14.6 Å². The Labute approximate surface area is 231 Å². The Hall–Kier alpha value is -1.63. The van der Waals surface area contributed by atoms with Crippen LogP contribution in [0, 0.1) is 3.57 Å². The number of carbonyl (C=O) groups excluding carboxylic acids is 2. The summed E-state index contributed by atoms with van der Waals surface area (Å²) in [5, 5.41) is 4.55. The zero-order chi connectivity index (χ0) is 23.8. The molecule has 1 aromatic heterocycles. The van der Waals surface area contributed by atoms with E-state index in [4.69, 9.17) is 14.7 Å². The largest absolute Gasteiger partial charge is 0.428 e. The van der Waals surface area contributed by atoms with Gasteiger partial charge in [-0.15, -0.1) is 0 Å². The highest BCUT2D eigenvalue weighted by Gasteiger charge is 2.37. The molecule has 0 unspecified atom stereocenters. The number of benzene rings is 2. The molecule has 1 amide bonds. The lowest BCUT2D eigenvalue weighted by molar-refractivity contribution is -0.0237.